The highest BCUT2D eigenvalue weighted by Gasteiger charge is 2.34. The van der Waals surface area contributed by atoms with Crippen LogP contribution in [0.5, 0.6) is 0 Å². The molecular formula is C24H23N5O2. The summed E-state index contributed by atoms with van der Waals surface area (Å²) in [6, 6.07) is 22.0. The molecule has 0 radical (unpaired) electrons. The van der Waals surface area contributed by atoms with Crippen molar-refractivity contribution in [3.8, 4) is 22.8 Å². The fourth-order valence-electron chi connectivity index (χ4n) is 4.04. The van der Waals surface area contributed by atoms with Crippen molar-refractivity contribution >= 4 is 5.91 Å². The second-order valence-electron chi connectivity index (χ2n) is 8.00. The lowest BCUT2D eigenvalue weighted by Gasteiger charge is -2.21. The molecule has 0 aliphatic carbocycles. The van der Waals surface area contributed by atoms with Crippen molar-refractivity contribution in [2.24, 2.45) is 0 Å². The molecule has 31 heavy (non-hydrogen) atoms. The van der Waals surface area contributed by atoms with Gasteiger partial charge in [0.1, 0.15) is 5.69 Å². The molecule has 2 aromatic carbocycles. The maximum absolute atomic E-state index is 12.6. The van der Waals surface area contributed by atoms with E-state index in [9.17, 15) is 4.79 Å². The van der Waals surface area contributed by atoms with Crippen molar-refractivity contribution in [3.63, 3.8) is 0 Å². The van der Waals surface area contributed by atoms with Crippen LogP contribution in [0.25, 0.3) is 22.8 Å². The number of nitrogens with one attached hydrogen (secondary N) is 1. The lowest BCUT2D eigenvalue weighted by molar-refractivity contribution is -0.127. The summed E-state index contributed by atoms with van der Waals surface area (Å²) in [7, 11) is 0. The number of likely N-dealkylation sites (tertiary alicyclic amines) is 1. The zero-order chi connectivity index (χ0) is 21.2. The van der Waals surface area contributed by atoms with Crippen LogP contribution in [0.4, 0.5) is 0 Å². The van der Waals surface area contributed by atoms with Gasteiger partial charge in [0.25, 0.3) is 5.89 Å². The molecular weight excluding hydrogens is 390 g/mol. The average Bonchev–Trinajstić information content (AvgIpc) is 3.55. The zero-order valence-corrected chi connectivity index (χ0v) is 17.2. The number of carbonyl (C=O) groups excluding carboxylic acids is 1. The van der Waals surface area contributed by atoms with E-state index >= 15 is 0 Å². The van der Waals surface area contributed by atoms with E-state index in [2.05, 4.69) is 39.4 Å². The molecule has 1 saturated heterocycles. The third-order valence-corrected chi connectivity index (χ3v) is 5.76. The van der Waals surface area contributed by atoms with Crippen molar-refractivity contribution in [1.82, 2.24) is 25.2 Å². The molecule has 3 heterocycles. The molecule has 5 rings (SSSR count). The molecule has 1 amide bonds. The fraction of sp³-hybridized carbons (Fsp3) is 0.250. The molecule has 0 bridgehead atoms. The van der Waals surface area contributed by atoms with Gasteiger partial charge in [-0.3, -0.25) is 9.89 Å². The normalized spacial score (nSPS) is 17.3. The fourth-order valence-corrected chi connectivity index (χ4v) is 4.04. The van der Waals surface area contributed by atoms with Crippen molar-refractivity contribution in [2.45, 2.75) is 25.2 Å². The van der Waals surface area contributed by atoms with Crippen LogP contribution >= 0.6 is 0 Å². The highest BCUT2D eigenvalue weighted by atomic mass is 16.5. The van der Waals surface area contributed by atoms with Crippen LogP contribution in [-0.4, -0.2) is 44.2 Å². The first-order valence-electron chi connectivity index (χ1n) is 10.4. The van der Waals surface area contributed by atoms with Crippen molar-refractivity contribution < 1.29 is 9.32 Å². The van der Waals surface area contributed by atoms with Gasteiger partial charge >= 0.3 is 0 Å². The smallest absolute Gasteiger partial charge is 0.275 e. The summed E-state index contributed by atoms with van der Waals surface area (Å²) in [6.45, 7) is 3.43. The minimum atomic E-state index is -0.0653. The number of hydrogen-bond acceptors (Lipinski definition) is 5. The summed E-state index contributed by atoms with van der Waals surface area (Å²) in [5.74, 6) is 1.28. The van der Waals surface area contributed by atoms with Crippen LogP contribution in [0.1, 0.15) is 36.6 Å². The number of carbonyl (C=O) groups is 1. The number of nitrogens with zero attached hydrogens (tertiary/aromatic N) is 4. The molecule has 7 heteroatoms. The van der Waals surface area contributed by atoms with Gasteiger partial charge in [-0.15, -0.1) is 0 Å². The van der Waals surface area contributed by atoms with Crippen LogP contribution in [0.3, 0.4) is 0 Å². The van der Waals surface area contributed by atoms with E-state index in [0.717, 1.165) is 11.3 Å². The molecule has 4 aromatic rings. The summed E-state index contributed by atoms with van der Waals surface area (Å²) >= 11 is 0. The van der Waals surface area contributed by atoms with Gasteiger partial charge in [0, 0.05) is 31.0 Å². The van der Waals surface area contributed by atoms with E-state index in [1.807, 2.05) is 59.5 Å². The first-order chi connectivity index (χ1) is 15.2. The quantitative estimate of drug-likeness (QED) is 0.511. The molecule has 1 fully saturated rings. The molecule has 7 nitrogen and oxygen atoms in total. The first-order valence-corrected chi connectivity index (χ1v) is 10.4. The minimum Gasteiger partial charge on any atom is -0.341 e. The second kappa shape index (κ2) is 8.18. The van der Waals surface area contributed by atoms with Crippen molar-refractivity contribution in [1.29, 1.82) is 0 Å². The summed E-state index contributed by atoms with van der Waals surface area (Å²) in [4.78, 5) is 19.0. The lowest BCUT2D eigenvalue weighted by atomic mass is 10.0. The Labute approximate surface area is 180 Å². The highest BCUT2D eigenvalue weighted by Crippen LogP contribution is 2.30. The maximum atomic E-state index is 12.6. The zero-order valence-electron chi connectivity index (χ0n) is 17.2. The maximum Gasteiger partial charge on any atom is 0.275 e. The predicted octanol–water partition coefficient (Wildman–Crippen LogP) is 4.25. The van der Waals surface area contributed by atoms with Gasteiger partial charge in [-0.05, 0) is 17.5 Å². The Morgan fingerprint density at radius 3 is 2.65 bits per heavy atom. The monoisotopic (exact) mass is 413 g/mol. The number of H-pyrrole nitrogens is 1. The van der Waals surface area contributed by atoms with E-state index in [1.165, 1.54) is 5.56 Å². The van der Waals surface area contributed by atoms with Crippen molar-refractivity contribution in [3.05, 3.63) is 78.1 Å². The number of amides is 1. The summed E-state index contributed by atoms with van der Waals surface area (Å²) < 4.78 is 5.47. The Hall–Kier alpha value is -3.74. The molecule has 156 valence electrons. The Bertz CT molecular complexity index is 1170. The average molecular weight is 413 g/mol. The summed E-state index contributed by atoms with van der Waals surface area (Å²) in [5.41, 5.74) is 3.72. The van der Waals surface area contributed by atoms with Gasteiger partial charge in [0.15, 0.2) is 5.82 Å². The second-order valence-corrected chi connectivity index (χ2v) is 8.00. The van der Waals surface area contributed by atoms with E-state index in [4.69, 9.17) is 4.52 Å². The van der Waals surface area contributed by atoms with Crippen molar-refractivity contribution in [2.75, 3.05) is 13.1 Å². The number of benzene rings is 2. The molecule has 1 N–H and O–H groups in total. The van der Waals surface area contributed by atoms with Gasteiger partial charge in [0.05, 0.1) is 5.69 Å². The van der Waals surface area contributed by atoms with Gasteiger partial charge in [-0.25, -0.2) is 0 Å². The Morgan fingerprint density at radius 2 is 1.87 bits per heavy atom. The Morgan fingerprint density at radius 1 is 1.13 bits per heavy atom. The van der Waals surface area contributed by atoms with Crippen LogP contribution in [0.15, 0.2) is 71.3 Å². The van der Waals surface area contributed by atoms with E-state index in [1.54, 1.807) is 0 Å². The van der Waals surface area contributed by atoms with Gasteiger partial charge in [-0.1, -0.05) is 72.7 Å². The first kappa shape index (κ1) is 19.2. The molecule has 0 spiro atoms. The SMILES string of the molecule is CC(CN1CC(c2noc(-c3cc(-c4ccccc4)n[nH]3)n2)CC1=O)c1ccccc1. The highest BCUT2D eigenvalue weighted by molar-refractivity contribution is 5.79. The van der Waals surface area contributed by atoms with Gasteiger partial charge in [-0.2, -0.15) is 10.1 Å². The largest absolute Gasteiger partial charge is 0.341 e. The third-order valence-electron chi connectivity index (χ3n) is 5.76. The van der Waals surface area contributed by atoms with Gasteiger partial charge in [0.2, 0.25) is 5.91 Å². The van der Waals surface area contributed by atoms with E-state index in [-0.39, 0.29) is 17.7 Å². The molecule has 0 saturated carbocycles. The summed E-state index contributed by atoms with van der Waals surface area (Å²) in [6.07, 6.45) is 0.402. The Balaban J connectivity index is 1.27. The van der Waals surface area contributed by atoms with Crippen LogP contribution in [0.2, 0.25) is 0 Å². The van der Waals surface area contributed by atoms with Crippen LogP contribution < -0.4 is 0 Å². The number of rotatable bonds is 6. The molecule has 1 aliphatic heterocycles. The minimum absolute atomic E-state index is 0.0653. The van der Waals surface area contributed by atoms with E-state index in [0.29, 0.717) is 36.9 Å². The predicted molar refractivity (Wildman–Crippen MR) is 116 cm³/mol. The molecule has 2 unspecified atom stereocenters. The van der Waals surface area contributed by atoms with Crippen LogP contribution in [0, 0.1) is 0 Å². The number of aromatic nitrogens is 4. The van der Waals surface area contributed by atoms with Gasteiger partial charge < -0.3 is 9.42 Å². The third kappa shape index (κ3) is 3.99. The molecule has 2 aromatic heterocycles. The summed E-state index contributed by atoms with van der Waals surface area (Å²) in [5, 5.41) is 11.5. The number of hydrogen-bond donors (Lipinski definition) is 1. The van der Waals surface area contributed by atoms with E-state index < -0.39 is 0 Å². The number of aromatic amines is 1. The Kier molecular flexibility index (Phi) is 5.08. The topological polar surface area (TPSA) is 87.9 Å². The molecule has 2 atom stereocenters. The molecule has 1 aliphatic rings. The standard InChI is InChI=1S/C24H23N5O2/c1-16(17-8-4-2-5-9-17)14-29-15-19(12-22(29)30)23-25-24(31-28-23)21-13-20(26-27-21)18-10-6-3-7-11-18/h2-11,13,16,19H,12,14-15H2,1H3,(H,26,27). The van der Waals surface area contributed by atoms with Crippen LogP contribution in [-0.2, 0) is 4.79 Å². The lowest BCUT2D eigenvalue weighted by Crippen LogP contribution is -2.29.